The Bertz CT molecular complexity index is 810. The fourth-order valence-corrected chi connectivity index (χ4v) is 4.05. The van der Waals surface area contributed by atoms with Gasteiger partial charge in [-0.3, -0.25) is 19.6 Å². The number of aryl methyl sites for hydroxylation is 1. The number of rotatable bonds is 5. The van der Waals surface area contributed by atoms with Gasteiger partial charge in [-0.1, -0.05) is 0 Å². The number of likely N-dealkylation sites (tertiary alicyclic amines) is 1. The molecule has 2 fully saturated rings. The van der Waals surface area contributed by atoms with Crippen LogP contribution in [0.1, 0.15) is 42.5 Å². The number of hydrogen-bond donors (Lipinski definition) is 2. The van der Waals surface area contributed by atoms with Gasteiger partial charge in [0.1, 0.15) is 23.7 Å². The van der Waals surface area contributed by atoms with Crippen molar-refractivity contribution in [3.63, 3.8) is 0 Å². The predicted octanol–water partition coefficient (Wildman–Crippen LogP) is 0.803. The first kappa shape index (κ1) is 18.7. The van der Waals surface area contributed by atoms with Crippen molar-refractivity contribution >= 4 is 11.8 Å². The fraction of sp³-hybridized carbons (Fsp3) is 0.579. The van der Waals surface area contributed by atoms with Crippen LogP contribution in [-0.2, 0) is 16.1 Å². The van der Waals surface area contributed by atoms with E-state index in [4.69, 9.17) is 4.42 Å². The number of furan rings is 1. The van der Waals surface area contributed by atoms with Crippen molar-refractivity contribution in [2.45, 2.75) is 44.7 Å². The maximum atomic E-state index is 12.9. The van der Waals surface area contributed by atoms with Gasteiger partial charge in [-0.05, 0) is 31.9 Å². The topological polar surface area (TPSA) is 107 Å². The second-order valence-electron chi connectivity index (χ2n) is 7.52. The van der Waals surface area contributed by atoms with Crippen LogP contribution in [0.2, 0.25) is 0 Å². The second-order valence-corrected chi connectivity index (χ2v) is 7.52. The summed E-state index contributed by atoms with van der Waals surface area (Å²) in [6.07, 6.45) is 3.42. The number of aromatic nitrogens is 3. The van der Waals surface area contributed by atoms with Crippen molar-refractivity contribution in [3.8, 4) is 0 Å². The molecule has 1 atom stereocenters. The number of H-pyrrole nitrogens is 1. The van der Waals surface area contributed by atoms with Gasteiger partial charge in [-0.15, -0.1) is 0 Å². The zero-order chi connectivity index (χ0) is 19.5. The molecular formula is C19H26N6O3. The maximum Gasteiger partial charge on any atom is 0.237 e. The highest BCUT2D eigenvalue weighted by Gasteiger charge is 2.34. The molecule has 0 spiro atoms. The quantitative estimate of drug-likeness (QED) is 0.787. The van der Waals surface area contributed by atoms with Crippen molar-refractivity contribution in [2.24, 2.45) is 0 Å². The van der Waals surface area contributed by atoms with E-state index >= 15 is 0 Å². The Kier molecular flexibility index (Phi) is 5.43. The van der Waals surface area contributed by atoms with Crippen molar-refractivity contribution in [1.29, 1.82) is 0 Å². The molecule has 2 aromatic heterocycles. The van der Waals surface area contributed by atoms with Gasteiger partial charge in [0.15, 0.2) is 0 Å². The number of hydrogen-bond acceptors (Lipinski definition) is 6. The summed E-state index contributed by atoms with van der Waals surface area (Å²) >= 11 is 0. The van der Waals surface area contributed by atoms with E-state index in [1.165, 1.54) is 6.33 Å². The molecule has 2 aliphatic rings. The van der Waals surface area contributed by atoms with Gasteiger partial charge in [-0.25, -0.2) is 4.98 Å². The average molecular weight is 386 g/mol. The summed E-state index contributed by atoms with van der Waals surface area (Å²) in [7, 11) is 0. The summed E-state index contributed by atoms with van der Waals surface area (Å²) in [5.74, 6) is 2.80. The molecule has 1 unspecified atom stereocenters. The first-order valence-electron chi connectivity index (χ1n) is 9.80. The summed E-state index contributed by atoms with van der Waals surface area (Å²) in [5.41, 5.74) is 0. The highest BCUT2D eigenvalue weighted by Crippen LogP contribution is 2.26. The van der Waals surface area contributed by atoms with Crippen molar-refractivity contribution in [1.82, 2.24) is 30.3 Å². The molecule has 2 amide bonds. The number of carbonyl (C=O) groups excluding carboxylic acids is 2. The second kappa shape index (κ2) is 8.14. The molecule has 28 heavy (non-hydrogen) atoms. The van der Waals surface area contributed by atoms with Crippen LogP contribution in [0.5, 0.6) is 0 Å². The Hall–Kier alpha value is -2.68. The van der Waals surface area contributed by atoms with E-state index in [9.17, 15) is 9.59 Å². The summed E-state index contributed by atoms with van der Waals surface area (Å²) in [4.78, 5) is 33.4. The van der Waals surface area contributed by atoms with Gasteiger partial charge in [-0.2, -0.15) is 5.10 Å². The number of aromatic amines is 1. The summed E-state index contributed by atoms with van der Waals surface area (Å²) in [6.45, 7) is 5.08. The van der Waals surface area contributed by atoms with E-state index < -0.39 is 6.04 Å². The van der Waals surface area contributed by atoms with E-state index in [1.807, 2.05) is 28.9 Å². The lowest BCUT2D eigenvalue weighted by Crippen LogP contribution is -2.56. The molecule has 0 aromatic carbocycles. The van der Waals surface area contributed by atoms with Gasteiger partial charge in [0.05, 0.1) is 19.0 Å². The molecular weight excluding hydrogens is 360 g/mol. The molecule has 2 saturated heterocycles. The lowest BCUT2D eigenvalue weighted by Gasteiger charge is -2.36. The molecule has 0 bridgehead atoms. The molecule has 0 radical (unpaired) electrons. The van der Waals surface area contributed by atoms with Crippen LogP contribution in [0.4, 0.5) is 0 Å². The summed E-state index contributed by atoms with van der Waals surface area (Å²) in [5, 5.41) is 9.71. The van der Waals surface area contributed by atoms with Gasteiger partial charge >= 0.3 is 0 Å². The SMILES string of the molecule is Cc1ccc(CN2CCNC(=O)C2CC(=O)N2CCC(c3ncn[nH]3)CC2)o1. The monoisotopic (exact) mass is 386 g/mol. The number of piperazine rings is 1. The number of piperidine rings is 1. The largest absolute Gasteiger partial charge is 0.465 e. The standard InChI is InChI=1S/C19H26N6O3/c1-13-2-3-15(28-13)11-25-9-6-20-19(27)16(25)10-17(26)24-7-4-14(5-8-24)18-21-12-22-23-18/h2-3,12,14,16H,4-11H2,1H3,(H,20,27)(H,21,22,23). The van der Waals surface area contributed by atoms with Gasteiger partial charge < -0.3 is 14.6 Å². The first-order valence-corrected chi connectivity index (χ1v) is 9.80. The molecule has 0 saturated carbocycles. The van der Waals surface area contributed by atoms with E-state index in [-0.39, 0.29) is 18.2 Å². The molecule has 9 heteroatoms. The van der Waals surface area contributed by atoms with Crippen LogP contribution in [0.25, 0.3) is 0 Å². The van der Waals surface area contributed by atoms with Gasteiger partial charge in [0, 0.05) is 32.1 Å². The molecule has 150 valence electrons. The van der Waals surface area contributed by atoms with E-state index in [0.29, 0.717) is 38.6 Å². The molecule has 2 N–H and O–H groups in total. The average Bonchev–Trinajstić information content (AvgIpc) is 3.36. The van der Waals surface area contributed by atoms with Crippen LogP contribution < -0.4 is 5.32 Å². The lowest BCUT2D eigenvalue weighted by molar-refractivity contribution is -0.139. The minimum Gasteiger partial charge on any atom is -0.465 e. The molecule has 4 heterocycles. The minimum absolute atomic E-state index is 0.0266. The third kappa shape index (κ3) is 4.09. The van der Waals surface area contributed by atoms with Crippen LogP contribution in [-0.4, -0.2) is 69.0 Å². The normalized spacial score (nSPS) is 21.7. The zero-order valence-corrected chi connectivity index (χ0v) is 16.1. The Morgan fingerprint density at radius 1 is 1.29 bits per heavy atom. The lowest BCUT2D eigenvalue weighted by atomic mass is 9.95. The number of nitrogens with zero attached hydrogens (tertiary/aromatic N) is 4. The minimum atomic E-state index is -0.460. The molecule has 2 aromatic rings. The summed E-state index contributed by atoms with van der Waals surface area (Å²) < 4.78 is 5.66. The Morgan fingerprint density at radius 3 is 2.79 bits per heavy atom. The van der Waals surface area contributed by atoms with Crippen molar-refractivity contribution in [3.05, 3.63) is 35.8 Å². The van der Waals surface area contributed by atoms with E-state index in [2.05, 4.69) is 20.5 Å². The Labute approximate surface area is 163 Å². The smallest absolute Gasteiger partial charge is 0.237 e. The Morgan fingerprint density at radius 2 is 2.11 bits per heavy atom. The highest BCUT2D eigenvalue weighted by molar-refractivity contribution is 5.88. The predicted molar refractivity (Wildman–Crippen MR) is 100 cm³/mol. The zero-order valence-electron chi connectivity index (χ0n) is 16.1. The summed E-state index contributed by atoms with van der Waals surface area (Å²) in [6, 6.07) is 3.38. The van der Waals surface area contributed by atoms with Crippen LogP contribution >= 0.6 is 0 Å². The Balaban J connectivity index is 1.35. The third-order valence-electron chi connectivity index (χ3n) is 5.63. The molecule has 2 aliphatic heterocycles. The van der Waals surface area contributed by atoms with E-state index in [0.717, 1.165) is 30.2 Å². The first-order chi connectivity index (χ1) is 13.6. The number of carbonyl (C=O) groups is 2. The van der Waals surface area contributed by atoms with Gasteiger partial charge in [0.25, 0.3) is 0 Å². The third-order valence-corrected chi connectivity index (χ3v) is 5.63. The van der Waals surface area contributed by atoms with Gasteiger partial charge in [0.2, 0.25) is 11.8 Å². The fourth-order valence-electron chi connectivity index (χ4n) is 4.05. The molecule has 0 aliphatic carbocycles. The molecule has 4 rings (SSSR count). The van der Waals surface area contributed by atoms with E-state index in [1.54, 1.807) is 0 Å². The van der Waals surface area contributed by atoms with Crippen LogP contribution in [0.15, 0.2) is 22.9 Å². The van der Waals surface area contributed by atoms with Crippen molar-refractivity contribution in [2.75, 3.05) is 26.2 Å². The number of amides is 2. The highest BCUT2D eigenvalue weighted by atomic mass is 16.3. The van der Waals surface area contributed by atoms with Crippen LogP contribution in [0.3, 0.4) is 0 Å². The number of nitrogens with one attached hydrogen (secondary N) is 2. The van der Waals surface area contributed by atoms with Crippen LogP contribution in [0, 0.1) is 6.92 Å². The maximum absolute atomic E-state index is 12.9. The van der Waals surface area contributed by atoms with Crippen molar-refractivity contribution < 1.29 is 14.0 Å². The molecule has 9 nitrogen and oxygen atoms in total.